The molecule has 0 bridgehead atoms. The van der Waals surface area contributed by atoms with Crippen LogP contribution in [0.5, 0.6) is 0 Å². The number of rotatable bonds is 12. The summed E-state index contributed by atoms with van der Waals surface area (Å²) in [5.74, 6) is 0. The highest BCUT2D eigenvalue weighted by molar-refractivity contribution is 7.80. The van der Waals surface area contributed by atoms with E-state index in [-0.39, 0.29) is 0 Å². The largest absolute Gasteiger partial charge is 0.393 e. The van der Waals surface area contributed by atoms with E-state index in [2.05, 4.69) is 11.8 Å². The van der Waals surface area contributed by atoms with Gasteiger partial charge in [0.05, 0.1) is 18.2 Å². The third kappa shape index (κ3) is 8.80. The predicted molar refractivity (Wildman–Crippen MR) is 80.0 cm³/mol. The second-order valence-corrected chi connectivity index (χ2v) is 4.69. The maximum atomic E-state index is 5.66. The highest BCUT2D eigenvalue weighted by atomic mass is 32.1. The summed E-state index contributed by atoms with van der Waals surface area (Å²) >= 11 is 5.02. The van der Waals surface area contributed by atoms with Crippen LogP contribution in [0.25, 0.3) is 0 Å². The van der Waals surface area contributed by atoms with Gasteiger partial charge in [-0.25, -0.2) is 0 Å². The molecule has 0 spiro atoms. The number of hydrogen-bond donors (Lipinski definition) is 1. The Hall–Kier alpha value is -0.230. The van der Waals surface area contributed by atoms with Crippen molar-refractivity contribution in [2.24, 2.45) is 5.73 Å². The average molecular weight is 276 g/mol. The summed E-state index contributed by atoms with van der Waals surface area (Å²) < 4.78 is 10.8. The van der Waals surface area contributed by atoms with Crippen LogP contribution < -0.4 is 5.73 Å². The zero-order valence-corrected chi connectivity index (χ0v) is 12.8. The standard InChI is InChI=1S/C13H28N2O2S/c1-4-12(11-13(14)18)15(7-9-16-5-2)8-10-17-6-3/h12H,4-11H2,1-3H3,(H2,14,18). The molecule has 2 N–H and O–H groups in total. The van der Waals surface area contributed by atoms with E-state index in [1.807, 2.05) is 13.8 Å². The molecule has 0 radical (unpaired) electrons. The summed E-state index contributed by atoms with van der Waals surface area (Å²) in [5.41, 5.74) is 5.66. The lowest BCUT2D eigenvalue weighted by atomic mass is 10.1. The van der Waals surface area contributed by atoms with E-state index in [1.54, 1.807) is 0 Å². The van der Waals surface area contributed by atoms with Gasteiger partial charge in [-0.3, -0.25) is 4.90 Å². The molecule has 0 rings (SSSR count). The van der Waals surface area contributed by atoms with Crippen molar-refractivity contribution >= 4 is 17.2 Å². The van der Waals surface area contributed by atoms with Gasteiger partial charge in [0.25, 0.3) is 0 Å². The number of thiocarbonyl (C=S) groups is 1. The third-order valence-corrected chi connectivity index (χ3v) is 3.05. The van der Waals surface area contributed by atoms with Crippen molar-refractivity contribution in [2.75, 3.05) is 39.5 Å². The number of hydrogen-bond acceptors (Lipinski definition) is 4. The number of nitrogens with two attached hydrogens (primary N) is 1. The minimum atomic E-state index is 0.392. The van der Waals surface area contributed by atoms with E-state index in [0.717, 1.165) is 52.4 Å². The molecule has 0 aliphatic carbocycles. The summed E-state index contributed by atoms with van der Waals surface area (Å²) in [4.78, 5) is 2.95. The molecule has 1 atom stereocenters. The maximum absolute atomic E-state index is 5.66. The summed E-state index contributed by atoms with van der Waals surface area (Å²) in [5, 5.41) is 0. The van der Waals surface area contributed by atoms with Gasteiger partial charge in [-0.05, 0) is 20.3 Å². The van der Waals surface area contributed by atoms with Crippen molar-refractivity contribution in [3.05, 3.63) is 0 Å². The fourth-order valence-corrected chi connectivity index (χ4v) is 2.09. The smallest absolute Gasteiger partial charge is 0.0743 e. The first-order valence-corrected chi connectivity index (χ1v) is 7.24. The Labute approximate surface area is 117 Å². The monoisotopic (exact) mass is 276 g/mol. The van der Waals surface area contributed by atoms with Crippen LogP contribution >= 0.6 is 12.2 Å². The van der Waals surface area contributed by atoms with Crippen LogP contribution in [0, 0.1) is 0 Å². The molecule has 0 aromatic heterocycles. The first kappa shape index (κ1) is 17.8. The molecule has 0 amide bonds. The van der Waals surface area contributed by atoms with E-state index in [4.69, 9.17) is 27.4 Å². The molecule has 108 valence electrons. The Balaban J connectivity index is 4.24. The van der Waals surface area contributed by atoms with Crippen molar-refractivity contribution in [3.8, 4) is 0 Å². The molecule has 0 aliphatic heterocycles. The molecule has 0 heterocycles. The summed E-state index contributed by atoms with van der Waals surface area (Å²) in [6, 6.07) is 0.392. The van der Waals surface area contributed by atoms with E-state index >= 15 is 0 Å². The molecule has 0 aromatic rings. The van der Waals surface area contributed by atoms with Crippen molar-refractivity contribution < 1.29 is 9.47 Å². The predicted octanol–water partition coefficient (Wildman–Crippen LogP) is 1.82. The lowest BCUT2D eigenvalue weighted by molar-refractivity contribution is 0.0631. The molecular formula is C13H28N2O2S. The van der Waals surface area contributed by atoms with E-state index in [1.165, 1.54) is 0 Å². The molecule has 1 unspecified atom stereocenters. The highest BCUT2D eigenvalue weighted by Crippen LogP contribution is 2.09. The lowest BCUT2D eigenvalue weighted by Crippen LogP contribution is -2.41. The van der Waals surface area contributed by atoms with Gasteiger partial charge in [0.15, 0.2) is 0 Å². The molecule has 0 saturated carbocycles. The van der Waals surface area contributed by atoms with Crippen molar-refractivity contribution in [1.82, 2.24) is 4.90 Å². The van der Waals surface area contributed by atoms with Gasteiger partial charge in [0, 0.05) is 38.8 Å². The Morgan fingerprint density at radius 3 is 1.94 bits per heavy atom. The highest BCUT2D eigenvalue weighted by Gasteiger charge is 2.17. The maximum Gasteiger partial charge on any atom is 0.0743 e. The molecule has 5 heteroatoms. The molecule has 4 nitrogen and oxygen atoms in total. The summed E-state index contributed by atoms with van der Waals surface area (Å²) in [7, 11) is 0. The normalized spacial score (nSPS) is 12.9. The molecule has 18 heavy (non-hydrogen) atoms. The topological polar surface area (TPSA) is 47.7 Å². The van der Waals surface area contributed by atoms with Crippen LogP contribution in [-0.4, -0.2) is 55.4 Å². The molecule has 0 aromatic carbocycles. The number of ether oxygens (including phenoxy) is 2. The van der Waals surface area contributed by atoms with Gasteiger partial charge in [0.1, 0.15) is 0 Å². The zero-order chi connectivity index (χ0) is 13.8. The van der Waals surface area contributed by atoms with Gasteiger partial charge < -0.3 is 15.2 Å². The van der Waals surface area contributed by atoms with Crippen LogP contribution in [0.2, 0.25) is 0 Å². The van der Waals surface area contributed by atoms with Crippen LogP contribution in [0.15, 0.2) is 0 Å². The lowest BCUT2D eigenvalue weighted by Gasteiger charge is -2.30. The van der Waals surface area contributed by atoms with Crippen molar-refractivity contribution in [2.45, 2.75) is 39.7 Å². The molecule has 0 saturated heterocycles. The molecule has 0 aliphatic rings. The second kappa shape index (κ2) is 11.8. The van der Waals surface area contributed by atoms with Gasteiger partial charge in [-0.15, -0.1) is 0 Å². The van der Waals surface area contributed by atoms with Crippen LogP contribution in [0.1, 0.15) is 33.6 Å². The zero-order valence-electron chi connectivity index (χ0n) is 12.0. The van der Waals surface area contributed by atoms with E-state index in [0.29, 0.717) is 11.0 Å². The quantitative estimate of drug-likeness (QED) is 0.435. The third-order valence-electron chi connectivity index (χ3n) is 2.88. The Morgan fingerprint density at radius 1 is 1.11 bits per heavy atom. The van der Waals surface area contributed by atoms with Gasteiger partial charge >= 0.3 is 0 Å². The van der Waals surface area contributed by atoms with Crippen molar-refractivity contribution in [3.63, 3.8) is 0 Å². The average Bonchev–Trinajstić information content (AvgIpc) is 2.34. The SMILES string of the molecule is CCOCCN(CCOCC)C(CC)CC(N)=S. The molecular weight excluding hydrogens is 248 g/mol. The first-order chi connectivity index (χ1) is 8.65. The molecule has 0 fully saturated rings. The Morgan fingerprint density at radius 2 is 1.61 bits per heavy atom. The minimum absolute atomic E-state index is 0.392. The van der Waals surface area contributed by atoms with E-state index in [9.17, 15) is 0 Å². The number of nitrogens with zero attached hydrogens (tertiary/aromatic N) is 1. The fraction of sp³-hybridized carbons (Fsp3) is 0.923. The Bertz CT molecular complexity index is 205. The minimum Gasteiger partial charge on any atom is -0.393 e. The van der Waals surface area contributed by atoms with Crippen LogP contribution in [-0.2, 0) is 9.47 Å². The van der Waals surface area contributed by atoms with Gasteiger partial charge in [-0.1, -0.05) is 19.1 Å². The van der Waals surface area contributed by atoms with Crippen LogP contribution in [0.3, 0.4) is 0 Å². The first-order valence-electron chi connectivity index (χ1n) is 6.83. The van der Waals surface area contributed by atoms with Gasteiger partial charge in [0.2, 0.25) is 0 Å². The second-order valence-electron chi connectivity index (χ2n) is 4.16. The van der Waals surface area contributed by atoms with Gasteiger partial charge in [-0.2, -0.15) is 0 Å². The summed E-state index contributed by atoms with van der Waals surface area (Å²) in [6.45, 7) is 11.0. The Kier molecular flexibility index (Phi) is 11.7. The fourth-order valence-electron chi connectivity index (χ4n) is 1.89. The van der Waals surface area contributed by atoms with E-state index < -0.39 is 0 Å². The summed E-state index contributed by atoms with van der Waals surface area (Å²) in [6.07, 6.45) is 1.81. The van der Waals surface area contributed by atoms with Crippen LogP contribution in [0.4, 0.5) is 0 Å². The van der Waals surface area contributed by atoms with Crippen molar-refractivity contribution in [1.29, 1.82) is 0 Å².